The number of nitrogens with zero attached hydrogens (tertiary/aromatic N) is 5. The standard InChI is InChI=1S/C26H21F2N5O3/c1-31-25(15-9-17(27)12-18(28)10-15)20-13-19-5-2-6-21(24(20)30-31)32(19)26(34)16-8-14-4-3-7-29-23(14)22(11-16)33(35)36/h3-4,7-12,19,21H,2,5-6,13H2,1H3/t19-,21+/m0/s1. The van der Waals surface area contributed by atoms with Crippen LogP contribution in [0.5, 0.6) is 0 Å². The number of rotatable bonds is 3. The molecule has 0 N–H and O–H groups in total. The summed E-state index contributed by atoms with van der Waals surface area (Å²) in [7, 11) is 1.73. The molecule has 0 unspecified atom stereocenters. The van der Waals surface area contributed by atoms with Crippen LogP contribution in [0.15, 0.2) is 48.7 Å². The van der Waals surface area contributed by atoms with Crippen LogP contribution in [0, 0.1) is 21.7 Å². The van der Waals surface area contributed by atoms with E-state index in [4.69, 9.17) is 0 Å². The summed E-state index contributed by atoms with van der Waals surface area (Å²) in [5.41, 5.74) is 2.88. The van der Waals surface area contributed by atoms with E-state index in [0.29, 0.717) is 35.2 Å². The molecule has 4 aromatic rings. The highest BCUT2D eigenvalue weighted by Crippen LogP contribution is 2.45. The van der Waals surface area contributed by atoms with Crippen molar-refractivity contribution < 1.29 is 18.5 Å². The Hall–Kier alpha value is -4.21. The van der Waals surface area contributed by atoms with Gasteiger partial charge in [-0.15, -0.1) is 0 Å². The highest BCUT2D eigenvalue weighted by Gasteiger charge is 2.44. The van der Waals surface area contributed by atoms with E-state index in [1.807, 2.05) is 0 Å². The quantitative estimate of drug-likeness (QED) is 0.294. The minimum absolute atomic E-state index is 0.159. The molecule has 2 atom stereocenters. The number of nitro groups is 1. The molecule has 0 aliphatic carbocycles. The van der Waals surface area contributed by atoms with Gasteiger partial charge in [-0.3, -0.25) is 19.6 Å². The number of amides is 1. The van der Waals surface area contributed by atoms with Crippen LogP contribution < -0.4 is 0 Å². The highest BCUT2D eigenvalue weighted by atomic mass is 19.1. The Labute approximate surface area is 204 Å². The van der Waals surface area contributed by atoms with Gasteiger partial charge in [-0.1, -0.05) is 6.07 Å². The summed E-state index contributed by atoms with van der Waals surface area (Å²) in [6.07, 6.45) is 4.30. The van der Waals surface area contributed by atoms with Crippen LogP contribution in [-0.4, -0.2) is 36.5 Å². The molecule has 2 bridgehead atoms. The van der Waals surface area contributed by atoms with E-state index in [1.54, 1.807) is 34.8 Å². The van der Waals surface area contributed by atoms with Gasteiger partial charge in [0.05, 0.1) is 22.4 Å². The first kappa shape index (κ1) is 22.3. The molecule has 36 heavy (non-hydrogen) atoms. The van der Waals surface area contributed by atoms with Gasteiger partial charge in [-0.05, 0) is 49.9 Å². The van der Waals surface area contributed by atoms with Crippen molar-refractivity contribution in [3.05, 3.63) is 87.2 Å². The lowest BCUT2D eigenvalue weighted by molar-refractivity contribution is -0.383. The molecule has 2 aromatic carbocycles. The normalized spacial score (nSPS) is 18.8. The van der Waals surface area contributed by atoms with E-state index in [2.05, 4.69) is 10.1 Å². The van der Waals surface area contributed by atoms with Crippen LogP contribution in [0.2, 0.25) is 0 Å². The maximum Gasteiger partial charge on any atom is 0.296 e. The number of benzene rings is 2. The Bertz CT molecular complexity index is 1550. The van der Waals surface area contributed by atoms with Gasteiger partial charge in [0.15, 0.2) is 0 Å². The first-order valence-corrected chi connectivity index (χ1v) is 11.7. The van der Waals surface area contributed by atoms with Crippen LogP contribution in [0.4, 0.5) is 14.5 Å². The number of nitro benzene ring substituents is 1. The third-order valence-corrected chi connectivity index (χ3v) is 7.17. The second-order valence-corrected chi connectivity index (χ2v) is 9.34. The third-order valence-electron chi connectivity index (χ3n) is 7.17. The Morgan fingerprint density at radius 2 is 1.92 bits per heavy atom. The Morgan fingerprint density at radius 3 is 2.67 bits per heavy atom. The van der Waals surface area contributed by atoms with Gasteiger partial charge in [0.2, 0.25) is 0 Å². The molecule has 182 valence electrons. The second-order valence-electron chi connectivity index (χ2n) is 9.34. The van der Waals surface area contributed by atoms with E-state index in [-0.39, 0.29) is 34.8 Å². The molecule has 6 rings (SSSR count). The van der Waals surface area contributed by atoms with Gasteiger partial charge >= 0.3 is 0 Å². The second kappa shape index (κ2) is 8.18. The average molecular weight is 489 g/mol. The number of hydrogen-bond donors (Lipinski definition) is 0. The topological polar surface area (TPSA) is 94.2 Å². The first-order valence-electron chi connectivity index (χ1n) is 11.7. The fourth-order valence-electron chi connectivity index (χ4n) is 5.79. The number of halogens is 2. The fourth-order valence-corrected chi connectivity index (χ4v) is 5.79. The molecular weight excluding hydrogens is 468 g/mol. The molecule has 2 aliphatic rings. The molecule has 2 aromatic heterocycles. The zero-order valence-electron chi connectivity index (χ0n) is 19.3. The molecule has 8 nitrogen and oxygen atoms in total. The molecule has 1 saturated heterocycles. The van der Waals surface area contributed by atoms with Gasteiger partial charge in [0.1, 0.15) is 17.2 Å². The summed E-state index contributed by atoms with van der Waals surface area (Å²) in [4.78, 5) is 31.0. The Morgan fingerprint density at radius 1 is 1.14 bits per heavy atom. The number of non-ortho nitro benzene ring substituents is 1. The van der Waals surface area contributed by atoms with Crippen molar-refractivity contribution in [2.24, 2.45) is 7.05 Å². The van der Waals surface area contributed by atoms with Crippen molar-refractivity contribution in [1.29, 1.82) is 0 Å². The molecule has 1 amide bonds. The van der Waals surface area contributed by atoms with Crippen LogP contribution in [0.25, 0.3) is 22.2 Å². The summed E-state index contributed by atoms with van der Waals surface area (Å²) in [5.74, 6) is -1.63. The lowest BCUT2D eigenvalue weighted by atomic mass is 9.81. The largest absolute Gasteiger partial charge is 0.327 e. The van der Waals surface area contributed by atoms with Crippen LogP contribution in [0.1, 0.15) is 46.9 Å². The van der Waals surface area contributed by atoms with Crippen molar-refractivity contribution in [2.45, 2.75) is 37.8 Å². The minimum Gasteiger partial charge on any atom is -0.327 e. The van der Waals surface area contributed by atoms with Crippen molar-refractivity contribution in [1.82, 2.24) is 19.7 Å². The number of aromatic nitrogens is 3. The molecule has 2 aliphatic heterocycles. The van der Waals surface area contributed by atoms with E-state index in [9.17, 15) is 23.7 Å². The van der Waals surface area contributed by atoms with Gasteiger partial charge < -0.3 is 4.90 Å². The fraction of sp³-hybridized carbons (Fsp3) is 0.269. The van der Waals surface area contributed by atoms with E-state index in [1.165, 1.54) is 24.4 Å². The number of piperidine rings is 1. The van der Waals surface area contributed by atoms with E-state index < -0.39 is 16.6 Å². The van der Waals surface area contributed by atoms with E-state index >= 15 is 0 Å². The lowest BCUT2D eigenvalue weighted by Crippen LogP contribution is -2.49. The maximum atomic E-state index is 14.0. The number of pyridine rings is 1. The third kappa shape index (κ3) is 3.43. The number of hydrogen-bond acceptors (Lipinski definition) is 5. The Kier molecular flexibility index (Phi) is 5.06. The predicted molar refractivity (Wildman–Crippen MR) is 127 cm³/mol. The van der Waals surface area contributed by atoms with Crippen LogP contribution in [0.3, 0.4) is 0 Å². The summed E-state index contributed by atoms with van der Waals surface area (Å²) in [6, 6.07) is 9.23. The molecule has 4 heterocycles. The molecular formula is C26H21F2N5O3. The van der Waals surface area contributed by atoms with E-state index in [0.717, 1.165) is 24.5 Å². The molecule has 0 spiro atoms. The lowest BCUT2D eigenvalue weighted by Gasteiger charge is -2.45. The van der Waals surface area contributed by atoms with Crippen molar-refractivity contribution in [3.8, 4) is 11.3 Å². The van der Waals surface area contributed by atoms with Crippen molar-refractivity contribution >= 4 is 22.5 Å². The maximum absolute atomic E-state index is 14.0. The van der Waals surface area contributed by atoms with Crippen molar-refractivity contribution in [3.63, 3.8) is 0 Å². The first-order chi connectivity index (χ1) is 17.3. The van der Waals surface area contributed by atoms with Gasteiger partial charge in [-0.2, -0.15) is 5.10 Å². The van der Waals surface area contributed by atoms with Gasteiger partial charge in [0.25, 0.3) is 11.6 Å². The summed E-state index contributed by atoms with van der Waals surface area (Å²) >= 11 is 0. The van der Waals surface area contributed by atoms with Gasteiger partial charge in [0, 0.05) is 53.5 Å². The molecule has 0 radical (unpaired) electrons. The number of aryl methyl sites for hydroxylation is 1. The predicted octanol–water partition coefficient (Wildman–Crippen LogP) is 5.11. The smallest absolute Gasteiger partial charge is 0.296 e. The zero-order valence-corrected chi connectivity index (χ0v) is 19.3. The van der Waals surface area contributed by atoms with Crippen LogP contribution >= 0.6 is 0 Å². The highest BCUT2D eigenvalue weighted by molar-refractivity contribution is 6.01. The summed E-state index contributed by atoms with van der Waals surface area (Å²) in [6.45, 7) is 0. The number of carbonyl (C=O) groups excluding carboxylic acids is 1. The van der Waals surface area contributed by atoms with Gasteiger partial charge in [-0.25, -0.2) is 13.8 Å². The monoisotopic (exact) mass is 489 g/mol. The molecule has 1 fully saturated rings. The summed E-state index contributed by atoms with van der Waals surface area (Å²) in [5, 5.41) is 16.9. The minimum atomic E-state index is -0.667. The average Bonchev–Trinajstić information content (AvgIpc) is 3.17. The molecule has 10 heteroatoms. The number of carbonyl (C=O) groups is 1. The van der Waals surface area contributed by atoms with Crippen LogP contribution in [-0.2, 0) is 13.5 Å². The SMILES string of the molecule is Cn1nc2c(c1-c1cc(F)cc(F)c1)C[C@@H]1CCC[C@H]2N1C(=O)c1cc([N+](=O)[O-])c2ncccc2c1. The number of fused-ring (bicyclic) bond motifs is 5. The summed E-state index contributed by atoms with van der Waals surface area (Å²) < 4.78 is 29.6. The molecule has 0 saturated carbocycles. The Balaban J connectivity index is 1.45. The van der Waals surface area contributed by atoms with Crippen molar-refractivity contribution in [2.75, 3.05) is 0 Å². The zero-order chi connectivity index (χ0) is 25.1.